The first-order valence-electron chi connectivity index (χ1n) is 8.21. The molecular formula is C17H19FN6O. The number of rotatable bonds is 4. The molecule has 130 valence electrons. The molecule has 1 atom stereocenters. The van der Waals surface area contributed by atoms with Crippen LogP contribution in [0.4, 0.5) is 4.39 Å². The highest BCUT2D eigenvalue weighted by Crippen LogP contribution is 2.23. The highest BCUT2D eigenvalue weighted by atomic mass is 19.1. The average Bonchev–Trinajstić information content (AvgIpc) is 3.25. The molecule has 0 saturated carbocycles. The number of piperazine rings is 1. The van der Waals surface area contributed by atoms with Crippen LogP contribution < -0.4 is 5.32 Å². The predicted molar refractivity (Wildman–Crippen MR) is 88.9 cm³/mol. The first kappa shape index (κ1) is 15.9. The molecule has 0 amide bonds. The Hall–Kier alpha value is -2.58. The fraction of sp³-hybridized carbons (Fsp3) is 0.353. The zero-order chi connectivity index (χ0) is 17.2. The van der Waals surface area contributed by atoms with Crippen LogP contribution in [0.2, 0.25) is 0 Å². The molecule has 3 heterocycles. The molecule has 8 heteroatoms. The number of halogens is 1. The number of hydrogen-bond acceptors (Lipinski definition) is 6. The van der Waals surface area contributed by atoms with Gasteiger partial charge in [0.2, 0.25) is 11.7 Å². The van der Waals surface area contributed by atoms with Crippen LogP contribution in [0.5, 0.6) is 0 Å². The number of benzene rings is 1. The number of nitrogens with zero attached hydrogens (tertiary/aromatic N) is 5. The third-order valence-corrected chi connectivity index (χ3v) is 4.42. The van der Waals surface area contributed by atoms with Gasteiger partial charge in [-0.2, -0.15) is 4.98 Å². The predicted octanol–water partition coefficient (Wildman–Crippen LogP) is 1.76. The van der Waals surface area contributed by atoms with Gasteiger partial charge in [0.25, 0.3) is 0 Å². The second kappa shape index (κ2) is 6.73. The quantitative estimate of drug-likeness (QED) is 0.779. The molecule has 2 aromatic heterocycles. The largest absolute Gasteiger partial charge is 0.338 e. The van der Waals surface area contributed by atoms with Crippen molar-refractivity contribution in [2.24, 2.45) is 7.05 Å². The Labute approximate surface area is 144 Å². The summed E-state index contributed by atoms with van der Waals surface area (Å²) >= 11 is 0. The summed E-state index contributed by atoms with van der Waals surface area (Å²) in [7, 11) is 1.99. The normalized spacial score (nSPS) is 18.6. The number of aryl methyl sites for hydroxylation is 1. The van der Waals surface area contributed by atoms with Gasteiger partial charge < -0.3 is 14.4 Å². The lowest BCUT2D eigenvalue weighted by Crippen LogP contribution is -2.46. The molecule has 1 unspecified atom stereocenters. The van der Waals surface area contributed by atoms with Crippen LogP contribution in [-0.4, -0.2) is 44.2 Å². The van der Waals surface area contributed by atoms with Gasteiger partial charge in [0.05, 0.1) is 12.6 Å². The van der Waals surface area contributed by atoms with Crippen molar-refractivity contribution in [1.82, 2.24) is 29.9 Å². The Morgan fingerprint density at radius 3 is 2.92 bits per heavy atom. The minimum atomic E-state index is -0.286. The lowest BCUT2D eigenvalue weighted by molar-refractivity contribution is 0.128. The van der Waals surface area contributed by atoms with Crippen molar-refractivity contribution >= 4 is 0 Å². The van der Waals surface area contributed by atoms with E-state index in [1.807, 2.05) is 17.8 Å². The molecule has 25 heavy (non-hydrogen) atoms. The molecule has 0 bridgehead atoms. The molecule has 7 nitrogen and oxygen atoms in total. The second-order valence-corrected chi connectivity index (χ2v) is 6.11. The fourth-order valence-corrected chi connectivity index (χ4v) is 3.10. The maximum atomic E-state index is 13.0. The minimum absolute atomic E-state index is 0.148. The molecular weight excluding hydrogens is 323 g/mol. The highest BCUT2D eigenvalue weighted by Gasteiger charge is 2.28. The summed E-state index contributed by atoms with van der Waals surface area (Å²) in [5.74, 6) is 1.73. The first-order valence-corrected chi connectivity index (χ1v) is 8.21. The summed E-state index contributed by atoms with van der Waals surface area (Å²) in [4.78, 5) is 11.2. The van der Waals surface area contributed by atoms with Crippen LogP contribution in [0.3, 0.4) is 0 Å². The standard InChI is InChI=1S/C17H19FN6O/c1-23-8-7-20-17(23)14-10-19-6-9-24(14)11-15-21-16(22-25-15)12-2-4-13(18)5-3-12/h2-5,7-8,14,19H,6,9-11H2,1H3. The topological polar surface area (TPSA) is 72.0 Å². The van der Waals surface area contributed by atoms with Gasteiger partial charge >= 0.3 is 0 Å². The third kappa shape index (κ3) is 3.31. The van der Waals surface area contributed by atoms with E-state index in [0.717, 1.165) is 31.0 Å². The Balaban J connectivity index is 1.52. The lowest BCUT2D eigenvalue weighted by Gasteiger charge is -2.34. The van der Waals surface area contributed by atoms with Gasteiger partial charge in [0, 0.05) is 44.6 Å². The number of nitrogens with one attached hydrogen (secondary N) is 1. The number of hydrogen-bond donors (Lipinski definition) is 1. The maximum Gasteiger partial charge on any atom is 0.241 e. The summed E-state index contributed by atoms with van der Waals surface area (Å²) < 4.78 is 20.5. The molecule has 1 aliphatic heterocycles. The van der Waals surface area contributed by atoms with Gasteiger partial charge in [-0.1, -0.05) is 5.16 Å². The average molecular weight is 342 g/mol. The van der Waals surface area contributed by atoms with Gasteiger partial charge in [0.15, 0.2) is 0 Å². The SMILES string of the molecule is Cn1ccnc1C1CNCCN1Cc1nc(-c2ccc(F)cc2)no1. The third-order valence-electron chi connectivity index (χ3n) is 4.42. The van der Waals surface area contributed by atoms with Crippen LogP contribution >= 0.6 is 0 Å². The van der Waals surface area contributed by atoms with Crippen molar-refractivity contribution in [2.75, 3.05) is 19.6 Å². The minimum Gasteiger partial charge on any atom is -0.338 e. The monoisotopic (exact) mass is 342 g/mol. The van der Waals surface area contributed by atoms with Gasteiger partial charge in [-0.3, -0.25) is 4.90 Å². The number of aromatic nitrogens is 4. The van der Waals surface area contributed by atoms with Crippen LogP contribution in [-0.2, 0) is 13.6 Å². The smallest absolute Gasteiger partial charge is 0.241 e. The number of imidazole rings is 1. The van der Waals surface area contributed by atoms with E-state index in [2.05, 4.69) is 25.3 Å². The van der Waals surface area contributed by atoms with Crippen molar-refractivity contribution in [3.05, 3.63) is 54.2 Å². The molecule has 1 N–H and O–H groups in total. The van der Waals surface area contributed by atoms with Crippen molar-refractivity contribution in [2.45, 2.75) is 12.6 Å². The molecule has 0 radical (unpaired) electrons. The van der Waals surface area contributed by atoms with Crippen molar-refractivity contribution in [1.29, 1.82) is 0 Å². The molecule has 1 aromatic carbocycles. The summed E-state index contributed by atoms with van der Waals surface area (Å²) in [5, 5.41) is 7.42. The van der Waals surface area contributed by atoms with Crippen LogP contribution in [0.15, 0.2) is 41.2 Å². The molecule has 4 rings (SSSR count). The maximum absolute atomic E-state index is 13.0. The van der Waals surface area contributed by atoms with E-state index in [1.54, 1.807) is 18.3 Å². The van der Waals surface area contributed by atoms with Crippen LogP contribution in [0.25, 0.3) is 11.4 Å². The van der Waals surface area contributed by atoms with Gasteiger partial charge in [-0.15, -0.1) is 0 Å². The zero-order valence-electron chi connectivity index (χ0n) is 13.9. The van der Waals surface area contributed by atoms with E-state index in [4.69, 9.17) is 4.52 Å². The van der Waals surface area contributed by atoms with E-state index in [0.29, 0.717) is 18.3 Å². The summed E-state index contributed by atoms with van der Waals surface area (Å²) in [5.41, 5.74) is 0.734. The Morgan fingerprint density at radius 1 is 1.32 bits per heavy atom. The molecule has 0 aliphatic carbocycles. The van der Waals surface area contributed by atoms with Crippen LogP contribution in [0, 0.1) is 5.82 Å². The fourth-order valence-electron chi connectivity index (χ4n) is 3.10. The van der Waals surface area contributed by atoms with E-state index in [-0.39, 0.29) is 11.9 Å². The van der Waals surface area contributed by atoms with Gasteiger partial charge in [-0.05, 0) is 24.3 Å². The van der Waals surface area contributed by atoms with E-state index >= 15 is 0 Å². The summed E-state index contributed by atoms with van der Waals surface area (Å²) in [6.45, 7) is 3.14. The van der Waals surface area contributed by atoms with E-state index < -0.39 is 0 Å². The Kier molecular flexibility index (Phi) is 4.29. The van der Waals surface area contributed by atoms with Gasteiger partial charge in [0.1, 0.15) is 11.6 Å². The Morgan fingerprint density at radius 2 is 2.16 bits per heavy atom. The van der Waals surface area contributed by atoms with Crippen molar-refractivity contribution in [3.8, 4) is 11.4 Å². The Bertz CT molecular complexity index is 843. The molecule has 1 aliphatic rings. The van der Waals surface area contributed by atoms with E-state index in [1.165, 1.54) is 12.1 Å². The summed E-state index contributed by atoms with van der Waals surface area (Å²) in [6.07, 6.45) is 3.75. The van der Waals surface area contributed by atoms with E-state index in [9.17, 15) is 4.39 Å². The van der Waals surface area contributed by atoms with Crippen molar-refractivity contribution in [3.63, 3.8) is 0 Å². The van der Waals surface area contributed by atoms with Gasteiger partial charge in [-0.25, -0.2) is 9.37 Å². The zero-order valence-corrected chi connectivity index (χ0v) is 13.9. The van der Waals surface area contributed by atoms with Crippen molar-refractivity contribution < 1.29 is 8.91 Å². The molecule has 3 aromatic rings. The summed E-state index contributed by atoms with van der Waals surface area (Å²) in [6, 6.07) is 6.21. The molecule has 0 spiro atoms. The van der Waals surface area contributed by atoms with Crippen LogP contribution in [0.1, 0.15) is 17.8 Å². The molecule has 1 fully saturated rings. The highest BCUT2D eigenvalue weighted by molar-refractivity contribution is 5.53. The molecule has 1 saturated heterocycles. The lowest BCUT2D eigenvalue weighted by atomic mass is 10.1. The second-order valence-electron chi connectivity index (χ2n) is 6.11. The first-order chi connectivity index (χ1) is 12.2.